The number of carbonyl (C=O) groups excluding carboxylic acids is 1. The van der Waals surface area contributed by atoms with E-state index in [0.717, 1.165) is 26.1 Å². The normalized spacial score (nSPS) is 18.0. The van der Waals surface area contributed by atoms with Crippen molar-refractivity contribution in [2.45, 2.75) is 13.0 Å². The number of carbonyl (C=O) groups is 1. The molecule has 3 rings (SSSR count). The molecule has 1 heterocycles. The molecular formula is C18H19ClN2O2. The van der Waals surface area contributed by atoms with Crippen molar-refractivity contribution in [1.82, 2.24) is 4.90 Å². The minimum atomic E-state index is -0.0721. The van der Waals surface area contributed by atoms with Crippen LogP contribution in [0.25, 0.3) is 0 Å². The van der Waals surface area contributed by atoms with E-state index < -0.39 is 0 Å². The van der Waals surface area contributed by atoms with Gasteiger partial charge in [-0.15, -0.1) is 0 Å². The van der Waals surface area contributed by atoms with Crippen LogP contribution in [0.3, 0.4) is 0 Å². The van der Waals surface area contributed by atoms with E-state index in [1.54, 1.807) is 12.1 Å². The zero-order chi connectivity index (χ0) is 16.2. The lowest BCUT2D eigenvalue weighted by molar-refractivity contribution is -0.119. The van der Waals surface area contributed by atoms with Gasteiger partial charge in [0.25, 0.3) is 0 Å². The highest BCUT2D eigenvalue weighted by atomic mass is 35.5. The predicted octanol–water partition coefficient (Wildman–Crippen LogP) is 3.51. The summed E-state index contributed by atoms with van der Waals surface area (Å²) < 4.78 is 0. The first-order valence-corrected chi connectivity index (χ1v) is 8.05. The molecule has 0 saturated carbocycles. The third-order valence-electron chi connectivity index (χ3n) is 4.11. The summed E-state index contributed by atoms with van der Waals surface area (Å²) in [6, 6.07) is 14.9. The van der Waals surface area contributed by atoms with Gasteiger partial charge in [-0.25, -0.2) is 0 Å². The van der Waals surface area contributed by atoms with Crippen LogP contribution in [-0.2, 0) is 11.3 Å². The number of rotatable bonds is 4. The molecule has 4 nitrogen and oxygen atoms in total. The summed E-state index contributed by atoms with van der Waals surface area (Å²) >= 11 is 5.90. The van der Waals surface area contributed by atoms with E-state index in [4.69, 9.17) is 11.6 Å². The van der Waals surface area contributed by atoms with Gasteiger partial charge in [-0.1, -0.05) is 41.9 Å². The van der Waals surface area contributed by atoms with Crippen molar-refractivity contribution in [3.8, 4) is 5.75 Å². The summed E-state index contributed by atoms with van der Waals surface area (Å²) in [5, 5.41) is 13.0. The van der Waals surface area contributed by atoms with Crippen molar-refractivity contribution in [2.24, 2.45) is 5.92 Å². The van der Waals surface area contributed by atoms with Crippen LogP contribution >= 0.6 is 11.6 Å². The number of hydrogen-bond acceptors (Lipinski definition) is 3. The molecule has 1 fully saturated rings. The van der Waals surface area contributed by atoms with Gasteiger partial charge < -0.3 is 10.4 Å². The number of amides is 1. The number of hydrogen-bond donors (Lipinski definition) is 2. The van der Waals surface area contributed by atoms with E-state index in [9.17, 15) is 9.90 Å². The summed E-state index contributed by atoms with van der Waals surface area (Å²) in [6.45, 7) is 2.48. The largest absolute Gasteiger partial charge is 0.506 e. The maximum absolute atomic E-state index is 12.4. The van der Waals surface area contributed by atoms with Crippen molar-refractivity contribution >= 4 is 23.2 Å². The Labute approximate surface area is 140 Å². The molecule has 0 aliphatic carbocycles. The van der Waals surface area contributed by atoms with Gasteiger partial charge in [-0.3, -0.25) is 9.69 Å². The van der Waals surface area contributed by atoms with E-state index in [0.29, 0.717) is 10.7 Å². The van der Waals surface area contributed by atoms with Crippen LogP contribution in [0.1, 0.15) is 12.0 Å². The van der Waals surface area contributed by atoms with Crippen molar-refractivity contribution in [3.05, 3.63) is 59.1 Å². The Hall–Kier alpha value is -2.04. The number of benzene rings is 2. The average Bonchev–Trinajstić information content (AvgIpc) is 3.00. The third-order valence-corrected chi connectivity index (χ3v) is 4.34. The van der Waals surface area contributed by atoms with Crippen LogP contribution in [0.15, 0.2) is 48.5 Å². The van der Waals surface area contributed by atoms with E-state index >= 15 is 0 Å². The molecule has 0 radical (unpaired) electrons. The molecule has 1 aliphatic rings. The Kier molecular flexibility index (Phi) is 4.84. The van der Waals surface area contributed by atoms with Crippen molar-refractivity contribution in [2.75, 3.05) is 18.4 Å². The van der Waals surface area contributed by atoms with Gasteiger partial charge in [0.1, 0.15) is 5.75 Å². The first-order valence-electron chi connectivity index (χ1n) is 7.67. The molecule has 1 amide bonds. The molecule has 2 aromatic rings. The standard InChI is InChI=1S/C18H19ClN2O2/c19-15-6-7-17(22)16(10-15)20-18(23)14-8-9-21(12-14)11-13-4-2-1-3-5-13/h1-7,10,14,22H,8-9,11-12H2,(H,20,23). The van der Waals surface area contributed by atoms with Crippen LogP contribution in [0.4, 0.5) is 5.69 Å². The summed E-state index contributed by atoms with van der Waals surface area (Å²) in [5.41, 5.74) is 1.62. The second-order valence-corrected chi connectivity index (χ2v) is 6.29. The van der Waals surface area contributed by atoms with Gasteiger partial charge >= 0.3 is 0 Å². The Morgan fingerprint density at radius 3 is 2.83 bits per heavy atom. The first kappa shape index (κ1) is 15.8. The molecule has 2 aromatic carbocycles. The second-order valence-electron chi connectivity index (χ2n) is 5.86. The van der Waals surface area contributed by atoms with Gasteiger partial charge in [0.2, 0.25) is 5.91 Å². The highest BCUT2D eigenvalue weighted by molar-refractivity contribution is 6.31. The lowest BCUT2D eigenvalue weighted by Crippen LogP contribution is -2.27. The molecule has 5 heteroatoms. The summed E-state index contributed by atoms with van der Waals surface area (Å²) in [7, 11) is 0. The van der Waals surface area contributed by atoms with Crippen LogP contribution in [0.2, 0.25) is 5.02 Å². The predicted molar refractivity (Wildman–Crippen MR) is 91.6 cm³/mol. The van der Waals surface area contributed by atoms with Crippen LogP contribution < -0.4 is 5.32 Å². The highest BCUT2D eigenvalue weighted by Crippen LogP contribution is 2.28. The number of phenolic OH excluding ortho intramolecular Hbond substituents is 1. The van der Waals surface area contributed by atoms with E-state index in [-0.39, 0.29) is 17.6 Å². The molecule has 120 valence electrons. The maximum Gasteiger partial charge on any atom is 0.228 e. The van der Waals surface area contributed by atoms with Gasteiger partial charge in [-0.2, -0.15) is 0 Å². The summed E-state index contributed by atoms with van der Waals surface area (Å²) in [5.74, 6) is -0.114. The molecule has 0 spiro atoms. The zero-order valence-electron chi connectivity index (χ0n) is 12.7. The monoisotopic (exact) mass is 330 g/mol. The minimum absolute atomic E-state index is 0.0295. The SMILES string of the molecule is O=C(Nc1cc(Cl)ccc1O)C1CCN(Cc2ccccc2)C1. The number of likely N-dealkylation sites (tertiary alicyclic amines) is 1. The Balaban J connectivity index is 1.58. The van der Waals surface area contributed by atoms with Crippen LogP contribution in [-0.4, -0.2) is 29.0 Å². The number of nitrogens with one attached hydrogen (secondary N) is 1. The Morgan fingerprint density at radius 2 is 2.04 bits per heavy atom. The van der Waals surface area contributed by atoms with Gasteiger partial charge in [0, 0.05) is 18.1 Å². The quantitative estimate of drug-likeness (QED) is 0.843. The average molecular weight is 331 g/mol. The fourth-order valence-corrected chi connectivity index (χ4v) is 3.05. The van der Waals surface area contributed by atoms with Gasteiger partial charge in [0.15, 0.2) is 0 Å². The fraction of sp³-hybridized carbons (Fsp3) is 0.278. The lowest BCUT2D eigenvalue weighted by atomic mass is 10.1. The van der Waals surface area contributed by atoms with E-state index in [2.05, 4.69) is 22.3 Å². The van der Waals surface area contributed by atoms with Crippen molar-refractivity contribution in [1.29, 1.82) is 0 Å². The van der Waals surface area contributed by atoms with Gasteiger partial charge in [0.05, 0.1) is 11.6 Å². The van der Waals surface area contributed by atoms with Crippen molar-refractivity contribution in [3.63, 3.8) is 0 Å². The smallest absolute Gasteiger partial charge is 0.228 e. The topological polar surface area (TPSA) is 52.6 Å². The second kappa shape index (κ2) is 7.02. The number of anilines is 1. The number of phenols is 1. The molecule has 1 unspecified atom stereocenters. The molecule has 1 aliphatic heterocycles. The molecule has 2 N–H and O–H groups in total. The number of nitrogens with zero attached hydrogens (tertiary/aromatic N) is 1. The molecule has 0 aromatic heterocycles. The molecule has 0 bridgehead atoms. The molecule has 1 atom stereocenters. The number of aromatic hydroxyl groups is 1. The Bertz CT molecular complexity index is 691. The van der Waals surface area contributed by atoms with Gasteiger partial charge in [-0.05, 0) is 36.7 Å². The highest BCUT2D eigenvalue weighted by Gasteiger charge is 2.28. The van der Waals surface area contributed by atoms with E-state index in [1.807, 2.05) is 18.2 Å². The van der Waals surface area contributed by atoms with Crippen molar-refractivity contribution < 1.29 is 9.90 Å². The third kappa shape index (κ3) is 4.03. The summed E-state index contributed by atoms with van der Waals surface area (Å²) in [4.78, 5) is 14.7. The first-order chi connectivity index (χ1) is 11.1. The molecular weight excluding hydrogens is 312 g/mol. The van der Waals surface area contributed by atoms with Crippen LogP contribution in [0.5, 0.6) is 5.75 Å². The Morgan fingerprint density at radius 1 is 1.26 bits per heavy atom. The zero-order valence-corrected chi connectivity index (χ0v) is 13.5. The van der Waals surface area contributed by atoms with Crippen LogP contribution in [0, 0.1) is 5.92 Å². The minimum Gasteiger partial charge on any atom is -0.506 e. The fourth-order valence-electron chi connectivity index (χ4n) is 2.88. The maximum atomic E-state index is 12.4. The number of halogens is 1. The lowest BCUT2D eigenvalue weighted by Gasteiger charge is -2.16. The van der Waals surface area contributed by atoms with E-state index in [1.165, 1.54) is 11.6 Å². The molecule has 23 heavy (non-hydrogen) atoms. The molecule has 1 saturated heterocycles. The summed E-state index contributed by atoms with van der Waals surface area (Å²) in [6.07, 6.45) is 0.819.